The van der Waals surface area contributed by atoms with Gasteiger partial charge in [-0.3, -0.25) is 0 Å². The Morgan fingerprint density at radius 2 is 1.06 bits per heavy atom. The zero-order chi connectivity index (χ0) is 50.3. The molecule has 0 fully saturated rings. The molecule has 2 amide bonds. The van der Waals surface area contributed by atoms with Gasteiger partial charge in [-0.1, -0.05) is 59.6 Å². The van der Waals surface area contributed by atoms with E-state index in [1.54, 1.807) is 90.4 Å². The third-order valence-corrected chi connectivity index (χ3v) is 15.1. The number of para-hydroxylation sites is 2. The predicted molar refractivity (Wildman–Crippen MR) is 274 cm³/mol. The number of nitrogens with one attached hydrogen (secondary N) is 6. The van der Waals surface area contributed by atoms with Gasteiger partial charge in [0.2, 0.25) is 11.9 Å². The Labute approximate surface area is 413 Å². The zero-order valence-electron chi connectivity index (χ0n) is 39.2. The van der Waals surface area contributed by atoms with E-state index in [1.165, 1.54) is 12.4 Å². The van der Waals surface area contributed by atoms with Crippen LogP contribution in [0.1, 0.15) is 45.7 Å². The van der Waals surface area contributed by atoms with E-state index in [0.29, 0.717) is 66.7 Å². The van der Waals surface area contributed by atoms with Gasteiger partial charge in [-0.25, -0.2) is 31.6 Å². The lowest BCUT2D eigenvalue weighted by atomic mass is 10.1. The van der Waals surface area contributed by atoms with Crippen molar-refractivity contribution in [3.8, 4) is 11.5 Å². The topological polar surface area (TPSA) is 254 Å². The highest BCUT2D eigenvalue weighted by Gasteiger charge is 2.25. The second-order valence-electron chi connectivity index (χ2n) is 15.6. The van der Waals surface area contributed by atoms with Crippen molar-refractivity contribution < 1.29 is 31.1 Å². The molecule has 0 bridgehead atoms. The average Bonchev–Trinajstić information content (AvgIpc) is 3.32. The molecule has 2 heterocycles. The highest BCUT2D eigenvalue weighted by Crippen LogP contribution is 2.34. The number of hydrogen-bond acceptors (Lipinski definition) is 16. The SMILES string of the molecule is CCNC(=O)NCCc1ccc(OC)c(Nc2ncc(Cl)c(Nc3ccccc3S(=O)(=O)C(C)C)n2)c1.COc1ccc(CCN)cc1Nc1ncc(Cl)c(Nc2ccccc2S(=O)(=O)C(C)C)n1. The average molecular weight is 1020 g/mol. The summed E-state index contributed by atoms with van der Waals surface area (Å²) in [5.41, 5.74) is 9.70. The van der Waals surface area contributed by atoms with Crippen LogP contribution in [0.5, 0.6) is 11.5 Å². The molecule has 0 atom stereocenters. The standard InChI is InChI=1S/C25H31ClN6O4S.C22H26ClN5O3S/c1-5-27-25(33)28-13-12-17-10-11-21(36-4)20(14-17)31-24-29-15-18(26)23(32-24)30-19-8-6-7-9-22(19)37(34,35)16(2)3;1-14(2)32(29,30)20-7-5-4-6-17(20)26-21-16(23)13-25-22(28-21)27-18-12-15(10-11-24)8-9-19(18)31-3/h6-11,14-16H,5,12-13H2,1-4H3,(H2,27,28,33)(H2,29,30,31,32);4-9,12-14H,10-11,24H2,1-3H3,(H2,25,26,27,28). The first kappa shape index (κ1) is 53.5. The molecule has 8 N–H and O–H groups in total. The number of carbonyl (C=O) groups is 1. The monoisotopic (exact) mass is 1020 g/mol. The molecule has 0 unspecified atom stereocenters. The number of nitrogens with two attached hydrogens (primary N) is 1. The number of sulfone groups is 2. The van der Waals surface area contributed by atoms with E-state index in [9.17, 15) is 21.6 Å². The van der Waals surface area contributed by atoms with Crippen LogP contribution in [0.2, 0.25) is 10.0 Å². The summed E-state index contributed by atoms with van der Waals surface area (Å²) < 4.78 is 62.0. The minimum atomic E-state index is -3.54. The summed E-state index contributed by atoms with van der Waals surface area (Å²) in [6.07, 6.45) is 4.18. The molecule has 0 aliphatic heterocycles. The summed E-state index contributed by atoms with van der Waals surface area (Å²) in [6.45, 7) is 9.92. The van der Waals surface area contributed by atoms with Crippen molar-refractivity contribution in [2.75, 3.05) is 55.1 Å². The van der Waals surface area contributed by atoms with Crippen molar-refractivity contribution in [1.29, 1.82) is 0 Å². The molecule has 368 valence electrons. The van der Waals surface area contributed by atoms with Crippen molar-refractivity contribution in [1.82, 2.24) is 30.6 Å². The molecule has 18 nitrogen and oxygen atoms in total. The first-order valence-corrected chi connectivity index (χ1v) is 25.6. The Balaban J connectivity index is 0.000000260. The van der Waals surface area contributed by atoms with Crippen LogP contribution in [0.15, 0.2) is 107 Å². The number of halogens is 2. The molecule has 2 aromatic heterocycles. The second-order valence-corrected chi connectivity index (χ2v) is 21.4. The molecule has 0 radical (unpaired) electrons. The van der Waals surface area contributed by atoms with E-state index in [-0.39, 0.29) is 49.4 Å². The fraction of sp³-hybridized carbons (Fsp3) is 0.298. The van der Waals surface area contributed by atoms with Gasteiger partial charge in [-0.2, -0.15) is 9.97 Å². The number of carbonyl (C=O) groups excluding carboxylic acids is 1. The molecular weight excluding hydrogens is 966 g/mol. The van der Waals surface area contributed by atoms with Crippen molar-refractivity contribution in [3.05, 3.63) is 118 Å². The highest BCUT2D eigenvalue weighted by molar-refractivity contribution is 7.92. The lowest BCUT2D eigenvalue weighted by Crippen LogP contribution is -2.36. The Morgan fingerprint density at radius 1 is 0.623 bits per heavy atom. The molecule has 0 saturated heterocycles. The van der Waals surface area contributed by atoms with Crippen molar-refractivity contribution in [2.24, 2.45) is 5.73 Å². The maximum Gasteiger partial charge on any atom is 0.314 e. The summed E-state index contributed by atoms with van der Waals surface area (Å²) in [6, 6.07) is 24.3. The number of benzene rings is 4. The largest absolute Gasteiger partial charge is 0.495 e. The summed E-state index contributed by atoms with van der Waals surface area (Å²) in [7, 11) is -3.92. The number of nitrogens with zero attached hydrogens (tertiary/aromatic N) is 4. The number of rotatable bonds is 20. The van der Waals surface area contributed by atoms with E-state index in [1.807, 2.05) is 43.3 Å². The Bertz CT molecular complexity index is 2950. The molecule has 0 aliphatic rings. The molecular formula is C47H57Cl2N11O7S2. The first-order valence-electron chi connectivity index (χ1n) is 21.8. The van der Waals surface area contributed by atoms with Crippen LogP contribution in [-0.4, -0.2) is 87.2 Å². The van der Waals surface area contributed by atoms with Crippen LogP contribution in [0.4, 0.5) is 51.1 Å². The third-order valence-electron chi connectivity index (χ3n) is 10.1. The first-order chi connectivity index (χ1) is 32.9. The van der Waals surface area contributed by atoms with Gasteiger partial charge in [0.25, 0.3) is 0 Å². The zero-order valence-corrected chi connectivity index (χ0v) is 42.4. The van der Waals surface area contributed by atoms with Gasteiger partial charge in [0.05, 0.1) is 69.7 Å². The van der Waals surface area contributed by atoms with Crippen molar-refractivity contribution >= 4 is 95.2 Å². The number of anilines is 8. The number of hydrogen-bond donors (Lipinski definition) is 7. The van der Waals surface area contributed by atoms with Gasteiger partial charge >= 0.3 is 6.03 Å². The Kier molecular flexibility index (Phi) is 19.2. The summed E-state index contributed by atoms with van der Waals surface area (Å²) in [4.78, 5) is 29.3. The smallest absolute Gasteiger partial charge is 0.314 e. The molecule has 69 heavy (non-hydrogen) atoms. The van der Waals surface area contributed by atoms with Crippen LogP contribution >= 0.6 is 23.2 Å². The number of urea groups is 1. The predicted octanol–water partition coefficient (Wildman–Crippen LogP) is 8.98. The molecule has 6 rings (SSSR count). The van der Waals surface area contributed by atoms with Crippen molar-refractivity contribution in [3.63, 3.8) is 0 Å². The van der Waals surface area contributed by atoms with Gasteiger partial charge < -0.3 is 47.1 Å². The minimum Gasteiger partial charge on any atom is -0.495 e. The molecule has 0 saturated carbocycles. The van der Waals surface area contributed by atoms with Crippen LogP contribution in [-0.2, 0) is 32.5 Å². The molecule has 0 spiro atoms. The molecule has 0 aliphatic carbocycles. The fourth-order valence-corrected chi connectivity index (χ4v) is 9.08. The number of ether oxygens (including phenoxy) is 2. The van der Waals surface area contributed by atoms with E-state index in [2.05, 4.69) is 51.8 Å². The van der Waals surface area contributed by atoms with Crippen LogP contribution in [0.3, 0.4) is 0 Å². The normalized spacial score (nSPS) is 11.3. The second kappa shape index (κ2) is 24.7. The van der Waals surface area contributed by atoms with Gasteiger partial charge in [0, 0.05) is 13.1 Å². The van der Waals surface area contributed by atoms with E-state index in [0.717, 1.165) is 11.1 Å². The number of aromatic nitrogens is 4. The Morgan fingerprint density at radius 3 is 1.46 bits per heavy atom. The summed E-state index contributed by atoms with van der Waals surface area (Å²) >= 11 is 12.6. The number of amides is 2. The van der Waals surface area contributed by atoms with Crippen LogP contribution in [0, 0.1) is 0 Å². The highest BCUT2D eigenvalue weighted by atomic mass is 35.5. The molecule has 4 aromatic carbocycles. The number of methoxy groups -OCH3 is 2. The van der Waals surface area contributed by atoms with Gasteiger partial charge in [-0.15, -0.1) is 0 Å². The summed E-state index contributed by atoms with van der Waals surface area (Å²) in [5.74, 6) is 2.20. The summed E-state index contributed by atoms with van der Waals surface area (Å²) in [5, 5.41) is 17.1. The Hall–Kier alpha value is -6.45. The minimum absolute atomic E-state index is 0.157. The van der Waals surface area contributed by atoms with E-state index in [4.69, 9.17) is 38.4 Å². The molecule has 6 aromatic rings. The van der Waals surface area contributed by atoms with Crippen LogP contribution in [0.25, 0.3) is 0 Å². The quantitative estimate of drug-likeness (QED) is 0.0377. The maximum absolute atomic E-state index is 12.8. The van der Waals surface area contributed by atoms with Gasteiger partial charge in [-0.05, 0) is 114 Å². The maximum atomic E-state index is 12.8. The van der Waals surface area contributed by atoms with Gasteiger partial charge in [0.15, 0.2) is 31.3 Å². The lowest BCUT2D eigenvalue weighted by molar-refractivity contribution is 0.241. The van der Waals surface area contributed by atoms with E-state index < -0.39 is 30.2 Å². The van der Waals surface area contributed by atoms with E-state index >= 15 is 0 Å². The lowest BCUT2D eigenvalue weighted by Gasteiger charge is -2.16. The van der Waals surface area contributed by atoms with Crippen molar-refractivity contribution in [2.45, 2.75) is 67.8 Å². The van der Waals surface area contributed by atoms with Gasteiger partial charge in [0.1, 0.15) is 21.5 Å². The molecule has 22 heteroatoms. The fourth-order valence-electron chi connectivity index (χ4n) is 6.40. The third kappa shape index (κ3) is 14.3. The van der Waals surface area contributed by atoms with Crippen LogP contribution < -0.4 is 47.1 Å².